The lowest BCUT2D eigenvalue weighted by Gasteiger charge is -2.29. The molecular weight excluding hydrogens is 272 g/mol. The summed E-state index contributed by atoms with van der Waals surface area (Å²) in [6.07, 6.45) is 4.46. The molecule has 3 atom stereocenters. The van der Waals surface area contributed by atoms with Gasteiger partial charge >= 0.3 is 5.97 Å². The maximum Gasteiger partial charge on any atom is 0.307 e. The van der Waals surface area contributed by atoms with Gasteiger partial charge in [-0.15, -0.1) is 0 Å². The summed E-state index contributed by atoms with van der Waals surface area (Å²) in [5.41, 5.74) is 0. The highest BCUT2D eigenvalue weighted by molar-refractivity contribution is 5.85. The van der Waals surface area contributed by atoms with Crippen LogP contribution in [0.25, 0.3) is 0 Å². The summed E-state index contributed by atoms with van der Waals surface area (Å²) in [7, 11) is 0. The number of rotatable bonds is 5. The van der Waals surface area contributed by atoms with Crippen molar-refractivity contribution in [1.82, 2.24) is 10.2 Å². The van der Waals surface area contributed by atoms with E-state index in [-0.39, 0.29) is 17.9 Å². The van der Waals surface area contributed by atoms with Gasteiger partial charge in [-0.3, -0.25) is 14.4 Å². The van der Waals surface area contributed by atoms with E-state index in [1.165, 1.54) is 0 Å². The Morgan fingerprint density at radius 1 is 1.29 bits per heavy atom. The molecule has 118 valence electrons. The molecule has 2 amide bonds. The normalized spacial score (nSPS) is 27.5. The molecule has 1 saturated heterocycles. The zero-order chi connectivity index (χ0) is 15.4. The minimum atomic E-state index is -0.878. The van der Waals surface area contributed by atoms with Gasteiger partial charge in [0.25, 0.3) is 0 Å². The van der Waals surface area contributed by atoms with Crippen LogP contribution in [0, 0.1) is 11.8 Å². The highest BCUT2D eigenvalue weighted by Gasteiger charge is 2.36. The molecular formula is C15H24N2O4. The second-order valence-electron chi connectivity index (χ2n) is 6.19. The topological polar surface area (TPSA) is 86.7 Å². The number of nitrogens with one attached hydrogen (secondary N) is 1. The number of carboxylic acid groups (broad SMARTS) is 1. The Morgan fingerprint density at radius 3 is 2.52 bits per heavy atom. The summed E-state index contributed by atoms with van der Waals surface area (Å²) >= 11 is 0. The van der Waals surface area contributed by atoms with Crippen LogP contribution in [0.3, 0.4) is 0 Å². The molecule has 2 aliphatic rings. The number of carbonyl (C=O) groups excluding carboxylic acids is 2. The van der Waals surface area contributed by atoms with Crippen LogP contribution in [-0.2, 0) is 14.4 Å². The average molecular weight is 296 g/mol. The first-order valence-corrected chi connectivity index (χ1v) is 7.80. The molecule has 1 aliphatic heterocycles. The van der Waals surface area contributed by atoms with Crippen LogP contribution in [0.5, 0.6) is 0 Å². The number of carbonyl (C=O) groups is 3. The Labute approximate surface area is 124 Å². The zero-order valence-electron chi connectivity index (χ0n) is 12.5. The van der Waals surface area contributed by atoms with Crippen molar-refractivity contribution in [3.05, 3.63) is 0 Å². The maximum atomic E-state index is 12.3. The number of likely N-dealkylation sites (tertiary alicyclic amines) is 1. The van der Waals surface area contributed by atoms with Gasteiger partial charge < -0.3 is 15.3 Å². The Kier molecular flexibility index (Phi) is 5.20. The standard InChI is InChI=1S/C15H24N2O4/c1-10(9-17-8-4-7-13(17)18)16-14(19)11-5-2-3-6-12(11)15(20)21/h10-12H,2-9H2,1H3,(H,16,19)(H,20,21)/t10?,11-,12+/m1/s1. The zero-order valence-corrected chi connectivity index (χ0v) is 12.5. The van der Waals surface area contributed by atoms with E-state index in [9.17, 15) is 19.5 Å². The molecule has 0 radical (unpaired) electrons. The van der Waals surface area contributed by atoms with Crippen molar-refractivity contribution in [2.24, 2.45) is 11.8 Å². The van der Waals surface area contributed by atoms with Crippen molar-refractivity contribution in [2.75, 3.05) is 13.1 Å². The smallest absolute Gasteiger partial charge is 0.307 e. The lowest BCUT2D eigenvalue weighted by molar-refractivity contribution is -0.149. The van der Waals surface area contributed by atoms with Crippen LogP contribution in [0.4, 0.5) is 0 Å². The van der Waals surface area contributed by atoms with Crippen molar-refractivity contribution >= 4 is 17.8 Å². The minimum absolute atomic E-state index is 0.136. The van der Waals surface area contributed by atoms with E-state index in [0.717, 1.165) is 25.8 Å². The van der Waals surface area contributed by atoms with Gasteiger partial charge in [0.1, 0.15) is 0 Å². The lowest BCUT2D eigenvalue weighted by atomic mass is 9.78. The molecule has 0 aromatic rings. The third kappa shape index (κ3) is 3.95. The Morgan fingerprint density at radius 2 is 1.95 bits per heavy atom. The van der Waals surface area contributed by atoms with Gasteiger partial charge in [-0.05, 0) is 26.2 Å². The van der Waals surface area contributed by atoms with Crippen LogP contribution in [-0.4, -0.2) is 46.9 Å². The quantitative estimate of drug-likeness (QED) is 0.792. The largest absolute Gasteiger partial charge is 0.481 e. The van der Waals surface area contributed by atoms with E-state index in [1.807, 2.05) is 6.92 Å². The van der Waals surface area contributed by atoms with Crippen LogP contribution >= 0.6 is 0 Å². The molecule has 0 spiro atoms. The number of hydrogen-bond donors (Lipinski definition) is 2. The van der Waals surface area contributed by atoms with Crippen molar-refractivity contribution < 1.29 is 19.5 Å². The number of hydrogen-bond acceptors (Lipinski definition) is 3. The van der Waals surface area contributed by atoms with E-state index >= 15 is 0 Å². The Bertz CT molecular complexity index is 424. The Balaban J connectivity index is 1.87. The monoisotopic (exact) mass is 296 g/mol. The molecule has 1 heterocycles. The summed E-state index contributed by atoms with van der Waals surface area (Å²) in [6.45, 7) is 3.12. The molecule has 6 nitrogen and oxygen atoms in total. The highest BCUT2D eigenvalue weighted by Crippen LogP contribution is 2.30. The predicted octanol–water partition coefficient (Wildman–Crippen LogP) is 1.00. The summed E-state index contributed by atoms with van der Waals surface area (Å²) in [4.78, 5) is 36.9. The third-order valence-electron chi connectivity index (χ3n) is 4.47. The van der Waals surface area contributed by atoms with Gasteiger partial charge in [0, 0.05) is 25.6 Å². The average Bonchev–Trinajstić information content (AvgIpc) is 2.84. The van der Waals surface area contributed by atoms with E-state index in [0.29, 0.717) is 25.8 Å². The fourth-order valence-corrected chi connectivity index (χ4v) is 3.36. The van der Waals surface area contributed by atoms with E-state index < -0.39 is 17.8 Å². The van der Waals surface area contributed by atoms with Gasteiger partial charge in [0.05, 0.1) is 11.8 Å². The van der Waals surface area contributed by atoms with E-state index in [4.69, 9.17) is 0 Å². The highest BCUT2D eigenvalue weighted by atomic mass is 16.4. The van der Waals surface area contributed by atoms with Crippen LogP contribution < -0.4 is 5.32 Å². The fraction of sp³-hybridized carbons (Fsp3) is 0.800. The minimum Gasteiger partial charge on any atom is -0.481 e. The first kappa shape index (κ1) is 15.8. The fourth-order valence-electron chi connectivity index (χ4n) is 3.36. The van der Waals surface area contributed by atoms with Crippen molar-refractivity contribution in [2.45, 2.75) is 51.5 Å². The molecule has 2 N–H and O–H groups in total. The number of amides is 2. The molecule has 2 rings (SSSR count). The molecule has 0 aromatic carbocycles. The van der Waals surface area contributed by atoms with Crippen molar-refractivity contribution in [3.8, 4) is 0 Å². The molecule has 0 bridgehead atoms. The molecule has 1 saturated carbocycles. The second-order valence-corrected chi connectivity index (χ2v) is 6.19. The first-order chi connectivity index (χ1) is 9.99. The predicted molar refractivity (Wildman–Crippen MR) is 76.5 cm³/mol. The van der Waals surface area contributed by atoms with Gasteiger partial charge in [0.2, 0.25) is 11.8 Å². The number of nitrogens with zero attached hydrogens (tertiary/aromatic N) is 1. The molecule has 1 aliphatic carbocycles. The van der Waals surface area contributed by atoms with Gasteiger partial charge in [0.15, 0.2) is 0 Å². The van der Waals surface area contributed by atoms with Gasteiger partial charge in [-0.1, -0.05) is 12.8 Å². The number of carboxylic acids is 1. The summed E-state index contributed by atoms with van der Waals surface area (Å²) in [5, 5.41) is 12.1. The summed E-state index contributed by atoms with van der Waals surface area (Å²) < 4.78 is 0. The molecule has 1 unspecified atom stereocenters. The third-order valence-corrected chi connectivity index (χ3v) is 4.47. The summed E-state index contributed by atoms with van der Waals surface area (Å²) in [5.74, 6) is -1.93. The first-order valence-electron chi connectivity index (χ1n) is 7.80. The van der Waals surface area contributed by atoms with Gasteiger partial charge in [-0.25, -0.2) is 0 Å². The molecule has 6 heteroatoms. The van der Waals surface area contributed by atoms with Crippen molar-refractivity contribution in [3.63, 3.8) is 0 Å². The van der Waals surface area contributed by atoms with E-state index in [2.05, 4.69) is 5.32 Å². The van der Waals surface area contributed by atoms with Crippen LogP contribution in [0.2, 0.25) is 0 Å². The van der Waals surface area contributed by atoms with E-state index in [1.54, 1.807) is 4.90 Å². The lowest BCUT2D eigenvalue weighted by Crippen LogP contribution is -2.47. The molecule has 2 fully saturated rings. The maximum absolute atomic E-state index is 12.3. The molecule has 21 heavy (non-hydrogen) atoms. The summed E-state index contributed by atoms with van der Waals surface area (Å²) in [6, 6.07) is -0.143. The second kappa shape index (κ2) is 6.91. The SMILES string of the molecule is CC(CN1CCCC1=O)NC(=O)[C@@H]1CCCC[C@@H]1C(=O)O. The van der Waals surface area contributed by atoms with Gasteiger partial charge in [-0.2, -0.15) is 0 Å². The van der Waals surface area contributed by atoms with Crippen LogP contribution in [0.1, 0.15) is 45.4 Å². The van der Waals surface area contributed by atoms with Crippen LogP contribution in [0.15, 0.2) is 0 Å². The number of aliphatic carboxylic acids is 1. The van der Waals surface area contributed by atoms with Crippen molar-refractivity contribution in [1.29, 1.82) is 0 Å². The Hall–Kier alpha value is -1.59. The molecule has 0 aromatic heterocycles.